The lowest BCUT2D eigenvalue weighted by molar-refractivity contribution is -0.114. The van der Waals surface area contributed by atoms with Crippen LogP contribution in [0.2, 0.25) is 0 Å². The first kappa shape index (κ1) is 13.3. The van der Waals surface area contributed by atoms with Crippen LogP contribution in [-0.4, -0.2) is 28.1 Å². The Balaban J connectivity index is 1.90. The molecule has 20 heavy (non-hydrogen) atoms. The van der Waals surface area contributed by atoms with Gasteiger partial charge in [0.25, 0.3) is 11.7 Å². The first-order chi connectivity index (χ1) is 9.60. The summed E-state index contributed by atoms with van der Waals surface area (Å²) < 4.78 is 5.09. The van der Waals surface area contributed by atoms with Crippen molar-refractivity contribution in [2.75, 3.05) is 11.9 Å². The number of hydrogen-bond acceptors (Lipinski definition) is 6. The summed E-state index contributed by atoms with van der Waals surface area (Å²) in [6.07, 6.45) is 0.812. The van der Waals surface area contributed by atoms with Crippen LogP contribution in [0.25, 0.3) is 0 Å². The zero-order chi connectivity index (χ0) is 14.3. The number of fused-ring (bicyclic) bond motifs is 1. The second-order valence-corrected chi connectivity index (χ2v) is 6.38. The summed E-state index contributed by atoms with van der Waals surface area (Å²) >= 11 is 2.85. The average Bonchev–Trinajstić information content (AvgIpc) is 2.99. The molecule has 2 aromatic rings. The Morgan fingerprint density at radius 2 is 2.15 bits per heavy atom. The Kier molecular flexibility index (Phi) is 3.31. The van der Waals surface area contributed by atoms with Crippen LogP contribution >= 0.6 is 23.3 Å². The highest BCUT2D eigenvalue weighted by Gasteiger charge is 2.33. The van der Waals surface area contributed by atoms with Gasteiger partial charge >= 0.3 is 0 Å². The van der Waals surface area contributed by atoms with Gasteiger partial charge < -0.3 is 4.90 Å². The molecule has 1 aliphatic rings. The zero-order valence-corrected chi connectivity index (χ0v) is 12.5. The van der Waals surface area contributed by atoms with E-state index in [2.05, 4.69) is 9.36 Å². The smallest absolute Gasteiger partial charge is 0.299 e. The molecule has 0 saturated heterocycles. The summed E-state index contributed by atoms with van der Waals surface area (Å²) in [6, 6.07) is 5.37. The third-order valence-electron chi connectivity index (χ3n) is 3.04. The minimum Gasteiger partial charge on any atom is -0.308 e. The Bertz CT molecular complexity index is 711. The molecule has 0 atom stereocenters. The van der Waals surface area contributed by atoms with Crippen LogP contribution in [0.15, 0.2) is 27.4 Å². The second-order valence-electron chi connectivity index (χ2n) is 4.30. The zero-order valence-electron chi connectivity index (χ0n) is 10.9. The van der Waals surface area contributed by atoms with Gasteiger partial charge in [0.05, 0.1) is 11.3 Å². The van der Waals surface area contributed by atoms with Gasteiger partial charge in [0.2, 0.25) is 0 Å². The Morgan fingerprint density at radius 1 is 1.35 bits per heavy atom. The number of nitrogens with zero attached hydrogens (tertiary/aromatic N) is 3. The van der Waals surface area contributed by atoms with E-state index in [1.165, 1.54) is 28.2 Å². The predicted octanol–water partition coefficient (Wildman–Crippen LogP) is 2.41. The van der Waals surface area contributed by atoms with E-state index in [0.29, 0.717) is 11.3 Å². The number of amides is 1. The van der Waals surface area contributed by atoms with E-state index in [0.717, 1.165) is 21.5 Å². The van der Waals surface area contributed by atoms with Crippen LogP contribution in [-0.2, 0) is 11.2 Å². The maximum absolute atomic E-state index is 11.7. The van der Waals surface area contributed by atoms with Crippen LogP contribution in [0, 0.1) is 0 Å². The molecule has 5 nitrogen and oxygen atoms in total. The van der Waals surface area contributed by atoms with Gasteiger partial charge in [-0.1, -0.05) is 18.7 Å². The monoisotopic (exact) mass is 305 g/mol. The molecule has 7 heteroatoms. The third-order valence-corrected chi connectivity index (χ3v) is 4.82. The highest BCUT2D eigenvalue weighted by Crippen LogP contribution is 2.35. The van der Waals surface area contributed by atoms with Crippen molar-refractivity contribution in [3.05, 3.63) is 29.6 Å². The van der Waals surface area contributed by atoms with Gasteiger partial charge in [0.15, 0.2) is 4.34 Å². The molecule has 2 heterocycles. The van der Waals surface area contributed by atoms with Crippen molar-refractivity contribution < 1.29 is 9.59 Å². The van der Waals surface area contributed by atoms with Gasteiger partial charge in [-0.3, -0.25) is 9.59 Å². The minimum atomic E-state index is -0.480. The van der Waals surface area contributed by atoms with Crippen molar-refractivity contribution in [1.82, 2.24) is 9.36 Å². The molecule has 1 aromatic carbocycles. The van der Waals surface area contributed by atoms with E-state index in [1.54, 1.807) is 13.1 Å². The fourth-order valence-corrected chi connectivity index (χ4v) is 3.65. The fourth-order valence-electron chi connectivity index (χ4n) is 1.95. The van der Waals surface area contributed by atoms with Gasteiger partial charge in [-0.2, -0.15) is 4.37 Å². The molecule has 1 aromatic heterocycles. The first-order valence-corrected chi connectivity index (χ1v) is 7.66. The number of carbonyl (C=O) groups excluding carboxylic acids is 2. The van der Waals surface area contributed by atoms with Crippen LogP contribution in [0.4, 0.5) is 5.69 Å². The van der Waals surface area contributed by atoms with E-state index in [-0.39, 0.29) is 0 Å². The maximum atomic E-state index is 11.7. The number of anilines is 1. The fraction of sp³-hybridized carbons (Fsp3) is 0.231. The summed E-state index contributed by atoms with van der Waals surface area (Å²) in [5, 5.41) is 0. The lowest BCUT2D eigenvalue weighted by Crippen LogP contribution is -2.24. The van der Waals surface area contributed by atoms with E-state index in [1.807, 2.05) is 19.1 Å². The number of aryl methyl sites for hydroxylation is 1. The number of likely N-dealkylation sites (N-methyl/N-ethyl adjacent to an activating group) is 1. The Hall–Kier alpha value is -1.73. The molecule has 1 amide bonds. The quantitative estimate of drug-likeness (QED) is 0.815. The largest absolute Gasteiger partial charge is 0.308 e. The number of carbonyl (C=O) groups is 2. The lowest BCUT2D eigenvalue weighted by Gasteiger charge is -2.09. The number of aromatic nitrogens is 2. The highest BCUT2D eigenvalue weighted by atomic mass is 32.2. The molecule has 3 rings (SSSR count). The van der Waals surface area contributed by atoms with Gasteiger partial charge in [-0.05, 0) is 29.7 Å². The molecule has 0 unspecified atom stereocenters. The molecule has 0 saturated carbocycles. The molecule has 0 N–H and O–H groups in total. The van der Waals surface area contributed by atoms with Crippen LogP contribution in [0.3, 0.4) is 0 Å². The van der Waals surface area contributed by atoms with Gasteiger partial charge in [0.1, 0.15) is 5.82 Å². The van der Waals surface area contributed by atoms with Crippen LogP contribution < -0.4 is 4.90 Å². The van der Waals surface area contributed by atoms with Gasteiger partial charge in [-0.25, -0.2) is 4.98 Å². The predicted molar refractivity (Wildman–Crippen MR) is 77.6 cm³/mol. The highest BCUT2D eigenvalue weighted by molar-refractivity contribution is 8.01. The summed E-state index contributed by atoms with van der Waals surface area (Å²) in [4.78, 5) is 30.0. The first-order valence-electron chi connectivity index (χ1n) is 6.07. The normalized spacial score (nSPS) is 14.0. The van der Waals surface area contributed by atoms with Crippen molar-refractivity contribution in [1.29, 1.82) is 0 Å². The summed E-state index contributed by atoms with van der Waals surface area (Å²) in [5.74, 6) is -0.0873. The van der Waals surface area contributed by atoms with E-state index in [4.69, 9.17) is 0 Å². The lowest BCUT2D eigenvalue weighted by atomic mass is 10.1. The topological polar surface area (TPSA) is 63.2 Å². The van der Waals surface area contributed by atoms with Crippen LogP contribution in [0.5, 0.6) is 0 Å². The second kappa shape index (κ2) is 4.99. The number of benzene rings is 1. The molecule has 0 spiro atoms. The van der Waals surface area contributed by atoms with Crippen LogP contribution in [0.1, 0.15) is 23.1 Å². The van der Waals surface area contributed by atoms with E-state index >= 15 is 0 Å². The summed E-state index contributed by atoms with van der Waals surface area (Å²) in [7, 11) is 1.61. The number of rotatable bonds is 3. The van der Waals surface area contributed by atoms with Gasteiger partial charge in [-0.15, -0.1) is 0 Å². The van der Waals surface area contributed by atoms with Crippen molar-refractivity contribution in [2.45, 2.75) is 22.6 Å². The molecular weight excluding hydrogens is 294 g/mol. The third kappa shape index (κ3) is 2.12. The summed E-state index contributed by atoms with van der Waals surface area (Å²) in [5.41, 5.74) is 1.12. The molecule has 102 valence electrons. The number of hydrogen-bond donors (Lipinski definition) is 0. The van der Waals surface area contributed by atoms with E-state index in [9.17, 15) is 9.59 Å². The molecular formula is C13H11N3O2S2. The molecule has 0 bridgehead atoms. The SMILES string of the molecule is CCc1nsc(Sc2ccc3c(c2)N(C)C(=O)C3=O)n1. The molecule has 0 radical (unpaired) electrons. The Labute approximate surface area is 124 Å². The van der Waals surface area contributed by atoms with Crippen molar-refractivity contribution in [3.63, 3.8) is 0 Å². The number of ketones is 1. The van der Waals surface area contributed by atoms with Crippen molar-refractivity contribution in [2.24, 2.45) is 0 Å². The standard InChI is InChI=1S/C13H11N3O2S2/c1-3-10-14-13(20-15-10)19-7-4-5-8-9(6-7)16(2)12(18)11(8)17/h4-6H,3H2,1-2H3. The Morgan fingerprint density at radius 3 is 2.85 bits per heavy atom. The minimum absolute atomic E-state index is 0.441. The summed E-state index contributed by atoms with van der Waals surface area (Å²) in [6.45, 7) is 2.01. The molecule has 0 aliphatic carbocycles. The van der Waals surface area contributed by atoms with Gasteiger partial charge in [0, 0.05) is 18.4 Å². The number of Topliss-reactive ketones (excluding diaryl/α,β-unsaturated/α-hetero) is 1. The van der Waals surface area contributed by atoms with E-state index < -0.39 is 11.7 Å². The molecule has 1 aliphatic heterocycles. The average molecular weight is 305 g/mol. The maximum Gasteiger partial charge on any atom is 0.299 e. The molecule has 0 fully saturated rings. The van der Waals surface area contributed by atoms with Crippen molar-refractivity contribution in [3.8, 4) is 0 Å². The van der Waals surface area contributed by atoms with Crippen molar-refractivity contribution >= 4 is 40.7 Å².